The molecule has 0 saturated heterocycles. The molecule has 2 heterocycles. The number of aromatic nitrogens is 5. The number of thioether (sulfide) groups is 1. The fraction of sp³-hybridized carbons (Fsp3) is 0.417. The van der Waals surface area contributed by atoms with Crippen LogP contribution in [0.25, 0.3) is 0 Å². The lowest BCUT2D eigenvalue weighted by molar-refractivity contribution is -0.141. The van der Waals surface area contributed by atoms with Crippen molar-refractivity contribution in [3.8, 4) is 5.75 Å². The number of hydrogen-bond donors (Lipinski definition) is 0. The van der Waals surface area contributed by atoms with Crippen LogP contribution in [-0.4, -0.2) is 45.4 Å². The highest BCUT2D eigenvalue weighted by Crippen LogP contribution is 2.22. The Bertz CT molecular complexity index is 631. The Morgan fingerprint density at radius 2 is 2.19 bits per heavy atom. The summed E-state index contributed by atoms with van der Waals surface area (Å²) in [5.41, 5.74) is 1.73. The molecule has 0 spiro atoms. The molecule has 0 aliphatic carbocycles. The van der Waals surface area contributed by atoms with E-state index in [2.05, 4.69) is 25.2 Å². The maximum Gasteiger partial charge on any atom is 0.327 e. The molecule has 8 nitrogen and oxygen atoms in total. The molecule has 2 rings (SSSR count). The largest absolute Gasteiger partial charge is 0.497 e. The quantitative estimate of drug-likeness (QED) is 0.573. The summed E-state index contributed by atoms with van der Waals surface area (Å²) >= 11 is 1.39. The second-order valence-electron chi connectivity index (χ2n) is 4.12. The molecule has 0 atom stereocenters. The summed E-state index contributed by atoms with van der Waals surface area (Å²) in [5.74, 6) is 0.923. The van der Waals surface area contributed by atoms with Crippen LogP contribution in [0.5, 0.6) is 5.75 Å². The van der Waals surface area contributed by atoms with Crippen LogP contribution in [0.15, 0.2) is 17.3 Å². The third-order valence-electron chi connectivity index (χ3n) is 2.57. The molecule has 0 aliphatic rings. The van der Waals surface area contributed by atoms with Gasteiger partial charge in [-0.05, 0) is 17.4 Å². The smallest absolute Gasteiger partial charge is 0.327 e. The van der Waals surface area contributed by atoms with Crippen LogP contribution in [0.1, 0.15) is 11.4 Å². The number of carbonyl (C=O) groups excluding carboxylic acids is 1. The van der Waals surface area contributed by atoms with Crippen LogP contribution in [0.4, 0.5) is 0 Å². The molecule has 0 radical (unpaired) electrons. The van der Waals surface area contributed by atoms with Gasteiger partial charge in [0.2, 0.25) is 5.16 Å². The average Bonchev–Trinajstić information content (AvgIpc) is 2.91. The van der Waals surface area contributed by atoms with E-state index in [1.807, 2.05) is 19.1 Å². The molecule has 0 bridgehead atoms. The van der Waals surface area contributed by atoms with Gasteiger partial charge in [0.05, 0.1) is 19.9 Å². The Kier molecular flexibility index (Phi) is 5.09. The molecule has 21 heavy (non-hydrogen) atoms. The van der Waals surface area contributed by atoms with Crippen molar-refractivity contribution in [1.29, 1.82) is 0 Å². The molecule has 0 N–H and O–H groups in total. The van der Waals surface area contributed by atoms with Crippen LogP contribution >= 0.6 is 11.8 Å². The van der Waals surface area contributed by atoms with E-state index in [1.54, 1.807) is 7.11 Å². The van der Waals surface area contributed by atoms with Crippen LogP contribution in [-0.2, 0) is 21.8 Å². The predicted molar refractivity (Wildman–Crippen MR) is 74.9 cm³/mol. The first-order valence-electron chi connectivity index (χ1n) is 6.09. The maximum absolute atomic E-state index is 11.3. The van der Waals surface area contributed by atoms with Gasteiger partial charge < -0.3 is 9.47 Å². The number of esters is 1. The van der Waals surface area contributed by atoms with E-state index in [4.69, 9.17) is 4.74 Å². The van der Waals surface area contributed by atoms with E-state index < -0.39 is 5.97 Å². The van der Waals surface area contributed by atoms with Crippen LogP contribution < -0.4 is 4.74 Å². The van der Waals surface area contributed by atoms with Gasteiger partial charge >= 0.3 is 5.97 Å². The van der Waals surface area contributed by atoms with E-state index in [-0.39, 0.29) is 6.54 Å². The van der Waals surface area contributed by atoms with Gasteiger partial charge in [0.25, 0.3) is 0 Å². The molecule has 0 saturated carbocycles. The predicted octanol–water partition coefficient (Wildman–Crippen LogP) is 0.850. The van der Waals surface area contributed by atoms with Gasteiger partial charge in [-0.15, -0.1) is 5.10 Å². The summed E-state index contributed by atoms with van der Waals surface area (Å²) in [6.07, 6.45) is 0. The highest BCUT2D eigenvalue weighted by atomic mass is 32.2. The van der Waals surface area contributed by atoms with Crippen molar-refractivity contribution in [2.75, 3.05) is 14.2 Å². The van der Waals surface area contributed by atoms with E-state index in [0.29, 0.717) is 10.9 Å². The molecule has 0 fully saturated rings. The summed E-state index contributed by atoms with van der Waals surface area (Å²) < 4.78 is 11.2. The summed E-state index contributed by atoms with van der Waals surface area (Å²) in [6.45, 7) is 1.88. The first kappa shape index (κ1) is 15.2. The number of methoxy groups -OCH3 is 2. The Balaban J connectivity index is 2.05. The SMILES string of the molecule is COC(=O)Cn1nnnc1SCc1cc(OC)cc(C)n1. The topological polar surface area (TPSA) is 92.0 Å². The second kappa shape index (κ2) is 7.02. The summed E-state index contributed by atoms with van der Waals surface area (Å²) in [6, 6.07) is 3.71. The Morgan fingerprint density at radius 1 is 1.38 bits per heavy atom. The number of ether oxygens (including phenoxy) is 2. The summed E-state index contributed by atoms with van der Waals surface area (Å²) in [4.78, 5) is 15.7. The molecule has 2 aromatic heterocycles. The minimum atomic E-state index is -0.403. The lowest BCUT2D eigenvalue weighted by Crippen LogP contribution is -2.13. The highest BCUT2D eigenvalue weighted by Gasteiger charge is 2.12. The zero-order valence-electron chi connectivity index (χ0n) is 11.9. The van der Waals surface area contributed by atoms with Crippen molar-refractivity contribution >= 4 is 17.7 Å². The van der Waals surface area contributed by atoms with E-state index in [0.717, 1.165) is 17.1 Å². The first-order chi connectivity index (χ1) is 10.1. The standard InChI is InChI=1S/C12H15N5O3S/c1-8-4-10(19-2)5-9(13-8)7-21-12-14-15-16-17(12)6-11(18)20-3/h4-5H,6-7H2,1-3H3. The van der Waals surface area contributed by atoms with Gasteiger partial charge in [0, 0.05) is 23.6 Å². The van der Waals surface area contributed by atoms with Gasteiger partial charge in [-0.2, -0.15) is 0 Å². The number of aryl methyl sites for hydroxylation is 1. The first-order valence-corrected chi connectivity index (χ1v) is 7.08. The number of nitrogens with zero attached hydrogens (tertiary/aromatic N) is 5. The van der Waals surface area contributed by atoms with Gasteiger partial charge in [-0.25, -0.2) is 4.68 Å². The van der Waals surface area contributed by atoms with E-state index >= 15 is 0 Å². The van der Waals surface area contributed by atoms with Crippen molar-refractivity contribution < 1.29 is 14.3 Å². The Hall–Kier alpha value is -2.16. The number of pyridine rings is 1. The zero-order valence-corrected chi connectivity index (χ0v) is 12.8. The van der Waals surface area contributed by atoms with Crippen LogP contribution in [0, 0.1) is 6.92 Å². The van der Waals surface area contributed by atoms with Crippen LogP contribution in [0.2, 0.25) is 0 Å². The highest BCUT2D eigenvalue weighted by molar-refractivity contribution is 7.98. The van der Waals surface area contributed by atoms with Crippen molar-refractivity contribution in [1.82, 2.24) is 25.2 Å². The molecule has 9 heteroatoms. The number of rotatable bonds is 6. The fourth-order valence-corrected chi connectivity index (χ4v) is 2.39. The second-order valence-corrected chi connectivity index (χ2v) is 5.07. The Morgan fingerprint density at radius 3 is 2.90 bits per heavy atom. The van der Waals surface area contributed by atoms with Crippen molar-refractivity contribution in [3.63, 3.8) is 0 Å². The van der Waals surface area contributed by atoms with Gasteiger partial charge in [-0.3, -0.25) is 9.78 Å². The molecular weight excluding hydrogens is 294 g/mol. The molecule has 0 aromatic carbocycles. The third kappa shape index (κ3) is 4.15. The van der Waals surface area contributed by atoms with E-state index in [9.17, 15) is 4.79 Å². The fourth-order valence-electron chi connectivity index (χ4n) is 1.62. The number of tetrazole rings is 1. The van der Waals surface area contributed by atoms with Gasteiger partial charge in [-0.1, -0.05) is 11.8 Å². The monoisotopic (exact) mass is 309 g/mol. The molecule has 0 unspecified atom stereocenters. The van der Waals surface area contributed by atoms with Crippen molar-refractivity contribution in [3.05, 3.63) is 23.5 Å². The molecular formula is C12H15N5O3S. The molecule has 0 amide bonds. The van der Waals surface area contributed by atoms with E-state index in [1.165, 1.54) is 23.6 Å². The minimum absolute atomic E-state index is 0.0175. The Labute approximate surface area is 125 Å². The third-order valence-corrected chi connectivity index (χ3v) is 3.56. The van der Waals surface area contributed by atoms with Gasteiger partial charge in [0.1, 0.15) is 12.3 Å². The summed E-state index contributed by atoms with van der Waals surface area (Å²) in [5, 5.41) is 11.7. The minimum Gasteiger partial charge on any atom is -0.497 e. The molecule has 112 valence electrons. The van der Waals surface area contributed by atoms with Gasteiger partial charge in [0.15, 0.2) is 0 Å². The average molecular weight is 309 g/mol. The van der Waals surface area contributed by atoms with Crippen molar-refractivity contribution in [2.24, 2.45) is 0 Å². The lowest BCUT2D eigenvalue weighted by Gasteiger charge is -2.06. The maximum atomic E-state index is 11.3. The number of hydrogen-bond acceptors (Lipinski definition) is 8. The normalized spacial score (nSPS) is 10.4. The van der Waals surface area contributed by atoms with Crippen LogP contribution in [0.3, 0.4) is 0 Å². The molecule has 2 aromatic rings. The zero-order chi connectivity index (χ0) is 15.2. The summed E-state index contributed by atoms with van der Waals surface area (Å²) in [7, 11) is 2.94. The molecule has 0 aliphatic heterocycles. The lowest BCUT2D eigenvalue weighted by atomic mass is 10.3. The van der Waals surface area contributed by atoms with Crippen molar-refractivity contribution in [2.45, 2.75) is 24.4 Å². The number of carbonyl (C=O) groups is 1.